The Morgan fingerprint density at radius 3 is 2.19 bits per heavy atom. The van der Waals surface area contributed by atoms with Crippen molar-refractivity contribution >= 4 is 10.4 Å². The van der Waals surface area contributed by atoms with Crippen LogP contribution in [0.25, 0.3) is 0 Å². The average Bonchev–Trinajstić information content (AvgIpc) is 2.79. The van der Waals surface area contributed by atoms with Crippen LogP contribution >= 0.6 is 0 Å². The lowest BCUT2D eigenvalue weighted by Gasteiger charge is -2.07. The van der Waals surface area contributed by atoms with E-state index in [1.54, 1.807) is 4.90 Å². The SMILES string of the molecule is CCCCCCCCC1CC[NH+](C)C1.CCOS(=O)(=O)[O-]. The molecule has 1 aliphatic rings. The van der Waals surface area contributed by atoms with Crippen LogP contribution < -0.4 is 4.90 Å². The van der Waals surface area contributed by atoms with Gasteiger partial charge in [0, 0.05) is 12.3 Å². The van der Waals surface area contributed by atoms with Gasteiger partial charge in [-0.25, -0.2) is 8.42 Å². The Morgan fingerprint density at radius 1 is 1.14 bits per heavy atom. The van der Waals surface area contributed by atoms with E-state index in [9.17, 15) is 13.0 Å². The van der Waals surface area contributed by atoms with Crippen LogP contribution in [0.4, 0.5) is 0 Å². The summed E-state index contributed by atoms with van der Waals surface area (Å²) < 4.78 is 32.0. The van der Waals surface area contributed by atoms with Crippen molar-refractivity contribution in [3.8, 4) is 0 Å². The molecule has 6 heteroatoms. The van der Waals surface area contributed by atoms with E-state index >= 15 is 0 Å². The molecular weight excluding hydrogens is 290 g/mol. The summed E-state index contributed by atoms with van der Waals surface area (Å²) in [4.78, 5) is 1.75. The second-order valence-corrected chi connectivity index (χ2v) is 6.99. The molecule has 0 aromatic carbocycles. The summed E-state index contributed by atoms with van der Waals surface area (Å²) in [5, 5.41) is 0. The summed E-state index contributed by atoms with van der Waals surface area (Å²) in [7, 11) is -2.09. The lowest BCUT2D eigenvalue weighted by atomic mass is 10.00. The van der Waals surface area contributed by atoms with Crippen molar-refractivity contribution in [2.75, 3.05) is 26.7 Å². The summed E-state index contributed by atoms with van der Waals surface area (Å²) in [6.07, 6.45) is 11.7. The zero-order chi connectivity index (χ0) is 16.1. The number of rotatable bonds is 9. The Hall–Kier alpha value is -0.170. The Balaban J connectivity index is 0.000000486. The molecule has 0 radical (unpaired) electrons. The number of hydrogen-bond acceptors (Lipinski definition) is 4. The van der Waals surface area contributed by atoms with Gasteiger partial charge in [0.05, 0.1) is 26.7 Å². The van der Waals surface area contributed by atoms with Crippen LogP contribution in [0.2, 0.25) is 0 Å². The first-order valence-electron chi connectivity index (χ1n) is 8.30. The number of unbranched alkanes of at least 4 members (excludes halogenated alkanes) is 5. The zero-order valence-corrected chi connectivity index (χ0v) is 14.7. The van der Waals surface area contributed by atoms with E-state index in [0.29, 0.717) is 0 Å². The Kier molecular flexibility index (Phi) is 12.3. The van der Waals surface area contributed by atoms with Crippen LogP contribution in [0, 0.1) is 5.92 Å². The number of likely N-dealkylation sites (tertiary alicyclic amines) is 1. The molecule has 1 aliphatic heterocycles. The third-order valence-electron chi connectivity index (χ3n) is 3.84. The van der Waals surface area contributed by atoms with Gasteiger partial charge in [0.2, 0.25) is 10.4 Å². The largest absolute Gasteiger partial charge is 0.726 e. The van der Waals surface area contributed by atoms with Gasteiger partial charge < -0.3 is 9.45 Å². The maximum absolute atomic E-state index is 9.45. The minimum absolute atomic E-state index is 0.0914. The molecule has 1 heterocycles. The molecule has 0 saturated carbocycles. The second-order valence-electron chi connectivity index (χ2n) is 5.94. The normalized spacial score (nSPS) is 21.9. The highest BCUT2D eigenvalue weighted by Gasteiger charge is 2.21. The fourth-order valence-electron chi connectivity index (χ4n) is 2.75. The molecule has 21 heavy (non-hydrogen) atoms. The molecule has 2 atom stereocenters. The Labute approximate surface area is 131 Å². The average molecular weight is 323 g/mol. The van der Waals surface area contributed by atoms with Crippen molar-refractivity contribution in [2.45, 2.75) is 65.2 Å². The van der Waals surface area contributed by atoms with E-state index in [1.165, 1.54) is 71.4 Å². The molecule has 0 aromatic rings. The van der Waals surface area contributed by atoms with Gasteiger partial charge in [-0.05, 0) is 13.3 Å². The van der Waals surface area contributed by atoms with E-state index in [1.807, 2.05) is 0 Å². The predicted molar refractivity (Wildman–Crippen MR) is 84.0 cm³/mol. The van der Waals surface area contributed by atoms with Crippen LogP contribution in [0.15, 0.2) is 0 Å². The van der Waals surface area contributed by atoms with Crippen molar-refractivity contribution in [1.29, 1.82) is 0 Å². The molecule has 0 spiro atoms. The summed E-state index contributed by atoms with van der Waals surface area (Å²) in [5.41, 5.74) is 0. The monoisotopic (exact) mass is 323 g/mol. The second kappa shape index (κ2) is 12.4. The van der Waals surface area contributed by atoms with Crippen LogP contribution in [0.5, 0.6) is 0 Å². The summed E-state index contributed by atoms with van der Waals surface area (Å²) >= 11 is 0. The fourth-order valence-corrected chi connectivity index (χ4v) is 3.04. The first kappa shape index (κ1) is 20.8. The van der Waals surface area contributed by atoms with E-state index in [2.05, 4.69) is 18.2 Å². The van der Waals surface area contributed by atoms with Crippen LogP contribution in [-0.4, -0.2) is 39.7 Å². The molecule has 1 fully saturated rings. The van der Waals surface area contributed by atoms with E-state index in [0.717, 1.165) is 5.92 Å². The molecule has 1 rings (SSSR count). The number of nitrogens with one attached hydrogen (secondary N) is 1. The van der Waals surface area contributed by atoms with Crippen LogP contribution in [0.1, 0.15) is 65.2 Å². The van der Waals surface area contributed by atoms with Gasteiger partial charge in [0.15, 0.2) is 0 Å². The lowest BCUT2D eigenvalue weighted by molar-refractivity contribution is -0.867. The van der Waals surface area contributed by atoms with Crippen molar-refractivity contribution in [3.63, 3.8) is 0 Å². The standard InChI is InChI=1S/C13H27N.C2H6O4S/c1-3-4-5-6-7-8-9-13-10-11-14(2)12-13;1-2-6-7(3,4)5/h13H,3-12H2,1-2H3;2H2,1H3,(H,3,4,5). The van der Waals surface area contributed by atoms with E-state index in [-0.39, 0.29) is 6.61 Å². The summed E-state index contributed by atoms with van der Waals surface area (Å²) in [6, 6.07) is 0. The predicted octanol–water partition coefficient (Wildman–Crippen LogP) is 1.75. The third-order valence-corrected chi connectivity index (χ3v) is 4.37. The van der Waals surface area contributed by atoms with Gasteiger partial charge >= 0.3 is 0 Å². The molecule has 5 nitrogen and oxygen atoms in total. The number of quaternary nitrogens is 1. The molecule has 0 aliphatic carbocycles. The first-order valence-corrected chi connectivity index (χ1v) is 9.63. The van der Waals surface area contributed by atoms with Gasteiger partial charge in [-0.15, -0.1) is 0 Å². The maximum atomic E-state index is 9.45. The highest BCUT2D eigenvalue weighted by Crippen LogP contribution is 2.15. The fraction of sp³-hybridized carbons (Fsp3) is 1.00. The van der Waals surface area contributed by atoms with Gasteiger partial charge in [0.25, 0.3) is 0 Å². The van der Waals surface area contributed by atoms with Crippen molar-refractivity contribution < 1.29 is 22.1 Å². The van der Waals surface area contributed by atoms with Gasteiger partial charge in [-0.3, -0.25) is 4.18 Å². The molecule has 2 unspecified atom stereocenters. The highest BCUT2D eigenvalue weighted by molar-refractivity contribution is 7.80. The molecule has 1 N–H and O–H groups in total. The van der Waals surface area contributed by atoms with Gasteiger partial charge in [-0.1, -0.05) is 45.4 Å². The minimum atomic E-state index is -4.42. The number of hydrogen-bond donors (Lipinski definition) is 1. The maximum Gasteiger partial charge on any atom is 0.217 e. The summed E-state index contributed by atoms with van der Waals surface area (Å²) in [5.74, 6) is 1.06. The highest BCUT2D eigenvalue weighted by atomic mass is 32.3. The van der Waals surface area contributed by atoms with Crippen molar-refractivity contribution in [2.24, 2.45) is 5.92 Å². The van der Waals surface area contributed by atoms with Crippen LogP contribution in [0.3, 0.4) is 0 Å². The van der Waals surface area contributed by atoms with E-state index in [4.69, 9.17) is 0 Å². The van der Waals surface area contributed by atoms with Crippen molar-refractivity contribution in [1.82, 2.24) is 0 Å². The first-order chi connectivity index (χ1) is 9.89. The molecule has 1 saturated heterocycles. The molecular formula is C15H33NO4S. The minimum Gasteiger partial charge on any atom is -0.726 e. The third kappa shape index (κ3) is 14.5. The Morgan fingerprint density at radius 2 is 1.76 bits per heavy atom. The van der Waals surface area contributed by atoms with Gasteiger partial charge in [0.1, 0.15) is 0 Å². The molecule has 0 bridgehead atoms. The molecule has 0 amide bonds. The molecule has 0 aromatic heterocycles. The zero-order valence-electron chi connectivity index (χ0n) is 13.9. The quantitative estimate of drug-likeness (QED) is 0.399. The van der Waals surface area contributed by atoms with Crippen molar-refractivity contribution in [3.05, 3.63) is 0 Å². The lowest BCUT2D eigenvalue weighted by Crippen LogP contribution is -3.07. The van der Waals surface area contributed by atoms with Gasteiger partial charge in [-0.2, -0.15) is 0 Å². The molecule has 128 valence electrons. The van der Waals surface area contributed by atoms with Crippen LogP contribution in [-0.2, 0) is 14.6 Å². The topological polar surface area (TPSA) is 70.9 Å². The smallest absolute Gasteiger partial charge is 0.217 e. The van der Waals surface area contributed by atoms with E-state index < -0.39 is 10.4 Å². The Bertz CT molecular complexity index is 333. The summed E-state index contributed by atoms with van der Waals surface area (Å²) in [6.45, 7) is 6.48.